The number of hydrogen-bond donors (Lipinski definition) is 1. The van der Waals surface area contributed by atoms with E-state index in [1.54, 1.807) is 18.3 Å². The number of carbonyl (C=O) groups excluding carboxylic acids is 1. The molecule has 1 aromatic carbocycles. The maximum atomic E-state index is 11.4. The standard InChI is InChI=1S/C21H26N2OS/c1-15(24)21-9-16(14-25-21)12-22-19-7-4-8-23(13-19)20-10-17-5-2-3-6-18(17)11-20/h2-3,5-6,9,14,19-20,22H,4,7-8,10-13H2,1H3. The minimum atomic E-state index is 0.167. The Hall–Kier alpha value is -1.49. The highest BCUT2D eigenvalue weighted by atomic mass is 32.1. The predicted molar refractivity (Wildman–Crippen MR) is 103 cm³/mol. The molecular weight excluding hydrogens is 328 g/mol. The normalized spacial score (nSPS) is 21.4. The number of nitrogens with zero attached hydrogens (tertiary/aromatic N) is 1. The van der Waals surface area contributed by atoms with E-state index in [9.17, 15) is 4.79 Å². The molecule has 1 N–H and O–H groups in total. The molecule has 0 saturated carbocycles. The number of thiophene rings is 1. The fourth-order valence-electron chi connectivity index (χ4n) is 4.21. The summed E-state index contributed by atoms with van der Waals surface area (Å²) in [5.41, 5.74) is 4.32. The molecule has 4 rings (SSSR count). The van der Waals surface area contributed by atoms with Crippen molar-refractivity contribution in [3.05, 3.63) is 57.3 Å². The van der Waals surface area contributed by atoms with Gasteiger partial charge in [0.15, 0.2) is 5.78 Å². The largest absolute Gasteiger partial charge is 0.309 e. The van der Waals surface area contributed by atoms with Crippen LogP contribution in [-0.4, -0.2) is 35.9 Å². The number of carbonyl (C=O) groups is 1. The maximum absolute atomic E-state index is 11.4. The van der Waals surface area contributed by atoms with E-state index < -0.39 is 0 Å². The number of rotatable bonds is 5. The third kappa shape index (κ3) is 3.86. The first-order valence-electron chi connectivity index (χ1n) is 9.31. The summed E-state index contributed by atoms with van der Waals surface area (Å²) < 4.78 is 0. The zero-order valence-corrected chi connectivity index (χ0v) is 15.6. The van der Waals surface area contributed by atoms with Crippen molar-refractivity contribution in [1.29, 1.82) is 0 Å². The van der Waals surface area contributed by atoms with Gasteiger partial charge in [-0.15, -0.1) is 11.3 Å². The molecule has 2 heterocycles. The van der Waals surface area contributed by atoms with Gasteiger partial charge in [-0.1, -0.05) is 24.3 Å². The molecule has 25 heavy (non-hydrogen) atoms. The summed E-state index contributed by atoms with van der Waals surface area (Å²) in [5, 5.41) is 5.83. The van der Waals surface area contributed by atoms with Gasteiger partial charge in [0.1, 0.15) is 0 Å². The second-order valence-electron chi connectivity index (χ2n) is 7.42. The van der Waals surface area contributed by atoms with Crippen LogP contribution in [0.2, 0.25) is 0 Å². The third-order valence-corrected chi connectivity index (χ3v) is 6.67. The Morgan fingerprint density at radius 1 is 1.28 bits per heavy atom. The number of nitrogens with one attached hydrogen (secondary N) is 1. The van der Waals surface area contributed by atoms with Gasteiger partial charge in [-0.3, -0.25) is 9.69 Å². The highest BCUT2D eigenvalue weighted by molar-refractivity contribution is 7.12. The summed E-state index contributed by atoms with van der Waals surface area (Å²) in [5.74, 6) is 0.167. The predicted octanol–water partition coefficient (Wildman–Crippen LogP) is 3.67. The molecule has 0 radical (unpaired) electrons. The highest BCUT2D eigenvalue weighted by Gasteiger charge is 2.30. The van der Waals surface area contributed by atoms with E-state index in [-0.39, 0.29) is 5.78 Å². The number of benzene rings is 1. The fraction of sp³-hybridized carbons (Fsp3) is 0.476. The molecule has 1 aliphatic heterocycles. The van der Waals surface area contributed by atoms with Gasteiger partial charge >= 0.3 is 0 Å². The molecule has 4 heteroatoms. The van der Waals surface area contributed by atoms with Gasteiger partial charge in [-0.05, 0) is 67.3 Å². The molecule has 1 aromatic heterocycles. The summed E-state index contributed by atoms with van der Waals surface area (Å²) in [7, 11) is 0. The second-order valence-corrected chi connectivity index (χ2v) is 8.33. The zero-order valence-electron chi connectivity index (χ0n) is 14.8. The van der Waals surface area contributed by atoms with Crippen molar-refractivity contribution in [3.63, 3.8) is 0 Å². The summed E-state index contributed by atoms with van der Waals surface area (Å²) >= 11 is 1.56. The third-order valence-electron chi connectivity index (χ3n) is 5.59. The lowest BCUT2D eigenvalue weighted by Crippen LogP contribution is -2.49. The second kappa shape index (κ2) is 7.40. The number of fused-ring (bicyclic) bond motifs is 1. The van der Waals surface area contributed by atoms with Crippen molar-refractivity contribution >= 4 is 17.1 Å². The van der Waals surface area contributed by atoms with Gasteiger partial charge < -0.3 is 5.32 Å². The molecular formula is C21H26N2OS. The summed E-state index contributed by atoms with van der Waals surface area (Å²) in [6.07, 6.45) is 4.93. The van der Waals surface area contributed by atoms with E-state index >= 15 is 0 Å². The average Bonchev–Trinajstić information content (AvgIpc) is 3.27. The van der Waals surface area contributed by atoms with Gasteiger partial charge in [-0.25, -0.2) is 0 Å². The van der Waals surface area contributed by atoms with E-state index in [1.165, 1.54) is 48.9 Å². The van der Waals surface area contributed by atoms with Crippen molar-refractivity contribution in [2.75, 3.05) is 13.1 Å². The van der Waals surface area contributed by atoms with Gasteiger partial charge in [-0.2, -0.15) is 0 Å². The van der Waals surface area contributed by atoms with E-state index in [0.717, 1.165) is 18.0 Å². The highest BCUT2D eigenvalue weighted by Crippen LogP contribution is 2.27. The molecule has 1 atom stereocenters. The molecule has 1 unspecified atom stereocenters. The Morgan fingerprint density at radius 3 is 2.72 bits per heavy atom. The SMILES string of the molecule is CC(=O)c1cc(CNC2CCCN(C3Cc4ccccc4C3)C2)cs1. The monoisotopic (exact) mass is 354 g/mol. The van der Waals surface area contributed by atoms with Gasteiger partial charge in [0.2, 0.25) is 0 Å². The van der Waals surface area contributed by atoms with E-state index in [4.69, 9.17) is 0 Å². The molecule has 3 nitrogen and oxygen atoms in total. The summed E-state index contributed by atoms with van der Waals surface area (Å²) in [6.45, 7) is 4.88. The Bertz CT molecular complexity index is 729. The minimum absolute atomic E-state index is 0.167. The first-order chi connectivity index (χ1) is 12.2. The van der Waals surface area contributed by atoms with Crippen LogP contribution in [0.3, 0.4) is 0 Å². The number of Topliss-reactive ketones (excluding diaryl/α,β-unsaturated/α-hetero) is 1. The van der Waals surface area contributed by atoms with Gasteiger partial charge in [0.25, 0.3) is 0 Å². The summed E-state index contributed by atoms with van der Waals surface area (Å²) in [4.78, 5) is 15.0. The zero-order chi connectivity index (χ0) is 17.2. The molecule has 132 valence electrons. The van der Waals surface area contributed by atoms with Crippen molar-refractivity contribution in [3.8, 4) is 0 Å². The Balaban J connectivity index is 1.31. The van der Waals surface area contributed by atoms with Gasteiger partial charge in [0, 0.05) is 25.2 Å². The smallest absolute Gasteiger partial charge is 0.169 e. The van der Waals surface area contributed by atoms with E-state index in [1.807, 2.05) is 6.07 Å². The van der Waals surface area contributed by atoms with Crippen molar-refractivity contribution < 1.29 is 4.79 Å². The van der Waals surface area contributed by atoms with Crippen molar-refractivity contribution in [2.45, 2.75) is 51.2 Å². The van der Waals surface area contributed by atoms with Crippen LogP contribution in [0.15, 0.2) is 35.7 Å². The lowest BCUT2D eigenvalue weighted by atomic mass is 10.0. The van der Waals surface area contributed by atoms with Crippen LogP contribution in [-0.2, 0) is 19.4 Å². The van der Waals surface area contributed by atoms with Crippen LogP contribution >= 0.6 is 11.3 Å². The summed E-state index contributed by atoms with van der Waals surface area (Å²) in [6, 6.07) is 12.2. The molecule has 1 saturated heterocycles. The van der Waals surface area contributed by atoms with Gasteiger partial charge in [0.05, 0.1) is 4.88 Å². The van der Waals surface area contributed by atoms with E-state index in [0.29, 0.717) is 12.1 Å². The van der Waals surface area contributed by atoms with E-state index in [2.05, 4.69) is 39.9 Å². The van der Waals surface area contributed by atoms with Crippen LogP contribution < -0.4 is 5.32 Å². The number of ketones is 1. The Kier molecular flexibility index (Phi) is 5.02. The number of piperidine rings is 1. The van der Waals surface area contributed by atoms with Crippen LogP contribution in [0, 0.1) is 0 Å². The molecule has 0 amide bonds. The first kappa shape index (κ1) is 17.0. The topological polar surface area (TPSA) is 32.3 Å². The molecule has 2 aliphatic rings. The Labute approximate surface area is 154 Å². The Morgan fingerprint density at radius 2 is 2.04 bits per heavy atom. The maximum Gasteiger partial charge on any atom is 0.169 e. The lowest BCUT2D eigenvalue weighted by Gasteiger charge is -2.37. The van der Waals surface area contributed by atoms with Crippen LogP contribution in [0.5, 0.6) is 0 Å². The number of hydrogen-bond acceptors (Lipinski definition) is 4. The number of likely N-dealkylation sites (tertiary alicyclic amines) is 1. The van der Waals surface area contributed by atoms with Crippen LogP contribution in [0.4, 0.5) is 0 Å². The minimum Gasteiger partial charge on any atom is -0.309 e. The molecule has 2 aromatic rings. The first-order valence-corrected chi connectivity index (χ1v) is 10.2. The average molecular weight is 355 g/mol. The molecule has 1 fully saturated rings. The molecule has 0 spiro atoms. The van der Waals surface area contributed by atoms with Crippen LogP contribution in [0.1, 0.15) is 46.1 Å². The van der Waals surface area contributed by atoms with Crippen LogP contribution in [0.25, 0.3) is 0 Å². The molecule has 1 aliphatic carbocycles. The quantitative estimate of drug-likeness (QED) is 0.832. The van der Waals surface area contributed by atoms with Crippen molar-refractivity contribution in [1.82, 2.24) is 10.2 Å². The fourth-order valence-corrected chi connectivity index (χ4v) is 5.03. The lowest BCUT2D eigenvalue weighted by molar-refractivity contribution is 0.102. The molecule has 0 bridgehead atoms. The van der Waals surface area contributed by atoms with Crippen molar-refractivity contribution in [2.24, 2.45) is 0 Å².